The number of phosphoric ester groups is 1. The number of hydrogen-bond acceptors (Lipinski definition) is 17. The Balaban J connectivity index is 0. The maximum Gasteiger partial charge on any atom is 1.00 e. The summed E-state index contributed by atoms with van der Waals surface area (Å²) in [5.74, 6) is -10.6. The third-order valence-corrected chi connectivity index (χ3v) is 10.2. The van der Waals surface area contributed by atoms with Gasteiger partial charge < -0.3 is 49.1 Å². The average Bonchev–Trinajstić information content (AvgIpc) is 3.40. The van der Waals surface area contributed by atoms with Gasteiger partial charge in [0.15, 0.2) is 23.3 Å². The molecule has 1 aliphatic rings. The van der Waals surface area contributed by atoms with Gasteiger partial charge in [-0.3, -0.25) is 37.4 Å². The molecule has 4 N–H and O–H groups in total. The van der Waals surface area contributed by atoms with E-state index in [0.717, 1.165) is 16.8 Å². The van der Waals surface area contributed by atoms with Gasteiger partial charge in [-0.15, -0.1) is 0 Å². The number of aliphatic hydroxyl groups is 1. The minimum Gasteiger partial charge on any atom is -0.790 e. The van der Waals surface area contributed by atoms with Crippen molar-refractivity contribution >= 4 is 47.0 Å². The summed E-state index contributed by atoms with van der Waals surface area (Å²) in [6.45, 7) is -1.75. The molecule has 1 aromatic carbocycles. The number of nitrogens with one attached hydrogen (secondary N) is 3. The zero-order valence-electron chi connectivity index (χ0n) is 29.9. The van der Waals surface area contributed by atoms with Gasteiger partial charge in [-0.1, -0.05) is 17.3 Å². The molecule has 0 aliphatic carbocycles. The van der Waals surface area contributed by atoms with Crippen LogP contribution in [0.25, 0.3) is 16.5 Å². The van der Waals surface area contributed by atoms with Gasteiger partial charge in [-0.2, -0.15) is 0 Å². The molecule has 1 fully saturated rings. The molecule has 3 rings (SSSR count). The second-order valence-electron chi connectivity index (χ2n) is 10.2. The molecule has 1 aliphatic heterocycles. The number of carbonyl (C=O) groups excluding carboxylic acids is 2. The monoisotopic (exact) mass is 849 g/mol. The maximum absolute atomic E-state index is 14.1. The first-order chi connectivity index (χ1) is 24.6. The Morgan fingerprint density at radius 1 is 1.02 bits per heavy atom. The minimum atomic E-state index is -6.25. The van der Waals surface area contributed by atoms with Gasteiger partial charge in [0.2, 0.25) is 5.91 Å². The van der Waals surface area contributed by atoms with E-state index in [1.165, 1.54) is 6.08 Å². The van der Waals surface area contributed by atoms with E-state index in [2.05, 4.69) is 23.6 Å². The maximum atomic E-state index is 14.1. The van der Waals surface area contributed by atoms with Crippen molar-refractivity contribution in [3.05, 3.63) is 77.9 Å². The fraction of sp³-hybridized carbons (Fsp3) is 0.391. The summed E-state index contributed by atoms with van der Waals surface area (Å²) in [5.41, 5.74) is 2.86. The average molecular weight is 849 g/mol. The van der Waals surface area contributed by atoms with Crippen LogP contribution in [-0.4, -0.2) is 58.4 Å². The quantitative estimate of drug-likeness (QED) is 0.0168. The van der Waals surface area contributed by atoms with Crippen LogP contribution in [0.2, 0.25) is 0 Å². The van der Waals surface area contributed by atoms with E-state index in [4.69, 9.17) is 10.3 Å². The molecule has 1 aromatic heterocycles. The molecule has 0 bridgehead atoms. The number of amides is 2. The zero-order valence-corrected chi connectivity index (χ0v) is 32.6. The number of phosphoric acid groups is 3. The number of ether oxygens (including phenoxy) is 1. The zero-order chi connectivity index (χ0) is 39.9. The minimum absolute atomic E-state index is 0. The van der Waals surface area contributed by atoms with Crippen LogP contribution >= 0.6 is 23.5 Å². The van der Waals surface area contributed by atoms with E-state index in [1.807, 2.05) is 15.2 Å². The fourth-order valence-electron chi connectivity index (χ4n) is 4.26. The van der Waals surface area contributed by atoms with Gasteiger partial charge in [0.05, 0.1) is 26.1 Å². The van der Waals surface area contributed by atoms with Crippen LogP contribution in [0, 0.1) is 23.3 Å². The largest absolute Gasteiger partial charge is 1.00 e. The number of H-pyrrole nitrogens is 1. The van der Waals surface area contributed by atoms with Crippen LogP contribution in [0.3, 0.4) is 0 Å². The van der Waals surface area contributed by atoms with Crippen LogP contribution < -0.4 is 117 Å². The number of benzene rings is 1. The second-order valence-corrected chi connectivity index (χ2v) is 14.5. The van der Waals surface area contributed by atoms with Crippen molar-refractivity contribution < 1.29 is 159 Å². The van der Waals surface area contributed by atoms with Crippen molar-refractivity contribution in [1.29, 1.82) is 0 Å². The summed E-state index contributed by atoms with van der Waals surface area (Å²) in [6, 6.07) is 0. The van der Waals surface area contributed by atoms with E-state index in [1.54, 1.807) is 0 Å². The van der Waals surface area contributed by atoms with E-state index in [9.17, 15) is 75.1 Å². The standard InChI is InChI=1S/C23H26F4N7O16P3.4Li/c24-16-15(17(25)19(27)20(18(16)26)32-33-28)22(38)30-6-2-4-13(36)29-5-1-3-10-8-34(23(39)31-21(10)37)14-7-11(35)12(48-14)9-47-52(43,44)50-53(45,46)49-51(40,41)42;;;;/h1,3,8,11-12,14,35H,2,4-7,9H2,(H,29,36)(H,30,38)(H,43,44)(H,45,46)(H,31,37,39)(H2,40,41,42);;;;/q;4*+1/p-4/b3-1+;;;;/t11-,12+,14+;;;;/m0..../s1. The van der Waals surface area contributed by atoms with Crippen molar-refractivity contribution in [2.24, 2.45) is 5.11 Å². The topological polar surface area (TPSA) is 362 Å². The van der Waals surface area contributed by atoms with Crippen LogP contribution in [-0.2, 0) is 36.4 Å². The second kappa shape index (κ2) is 24.6. The summed E-state index contributed by atoms with van der Waals surface area (Å²) >= 11 is 0. The molecule has 5 atom stereocenters. The van der Waals surface area contributed by atoms with Crippen LogP contribution in [0.4, 0.5) is 23.2 Å². The number of aromatic nitrogens is 2. The SMILES string of the molecule is [Li+].[Li+].[Li+].[Li+].[N-]=[N+]=Nc1c(F)c(F)c(C(=O)NCCCC(=O)NC/C=C/c2cn([C@H]3C[C@H](O)[C@@H](COP(=O)([O-])OP(=O)([O-])OP(=O)([O-])[O-])O3)c(=O)[nH]c2=O)c(F)c1F. The van der Waals surface area contributed by atoms with E-state index in [-0.39, 0.29) is 107 Å². The number of aromatic amines is 1. The Labute approximate surface area is 364 Å². The van der Waals surface area contributed by atoms with Crippen molar-refractivity contribution in [2.45, 2.75) is 37.7 Å². The summed E-state index contributed by atoms with van der Waals surface area (Å²) in [5, 5.41) is 17.1. The summed E-state index contributed by atoms with van der Waals surface area (Å²) in [6.07, 6.45) is -1.97. The van der Waals surface area contributed by atoms with Gasteiger partial charge >= 0.3 is 81.1 Å². The summed E-state index contributed by atoms with van der Waals surface area (Å²) in [7, 11) is -18.4. The normalized spacial score (nSPS) is 18.3. The first kappa shape index (κ1) is 57.4. The number of rotatable bonds is 17. The molecule has 2 aromatic rings. The molecular formula is C23H22F4Li4N7O16P3. The van der Waals surface area contributed by atoms with Crippen LogP contribution in [0.15, 0.2) is 27.0 Å². The molecule has 2 unspecified atom stereocenters. The Morgan fingerprint density at radius 3 is 2.18 bits per heavy atom. The summed E-state index contributed by atoms with van der Waals surface area (Å²) < 4.78 is 106. The molecule has 0 spiro atoms. The molecule has 1 saturated heterocycles. The first-order valence-electron chi connectivity index (χ1n) is 14.1. The predicted molar refractivity (Wildman–Crippen MR) is 155 cm³/mol. The Kier molecular flexibility index (Phi) is 24.7. The van der Waals surface area contributed by atoms with Gasteiger partial charge in [-0.25, -0.2) is 26.7 Å². The number of azide groups is 1. The van der Waals surface area contributed by atoms with Gasteiger partial charge in [0.1, 0.15) is 23.6 Å². The van der Waals surface area contributed by atoms with Crippen molar-refractivity contribution in [3.8, 4) is 0 Å². The van der Waals surface area contributed by atoms with E-state index in [0.29, 0.717) is 0 Å². The third-order valence-electron chi connectivity index (χ3n) is 6.50. The Hall–Kier alpha value is -1.67. The van der Waals surface area contributed by atoms with Crippen molar-refractivity contribution in [1.82, 2.24) is 20.2 Å². The molecule has 0 radical (unpaired) electrons. The molecule has 34 heteroatoms. The predicted octanol–water partition coefficient (Wildman–Crippen LogP) is -13.1. The first-order valence-corrected chi connectivity index (χ1v) is 18.5. The molecule has 2 amide bonds. The molecule has 23 nitrogen and oxygen atoms in total. The smallest absolute Gasteiger partial charge is 0.790 e. The van der Waals surface area contributed by atoms with E-state index >= 15 is 0 Å². The molecule has 0 saturated carbocycles. The number of aliphatic hydroxyl groups excluding tert-OH is 1. The van der Waals surface area contributed by atoms with Crippen molar-refractivity contribution in [2.75, 3.05) is 19.7 Å². The van der Waals surface area contributed by atoms with Crippen LogP contribution in [0.1, 0.15) is 41.4 Å². The van der Waals surface area contributed by atoms with Gasteiger partial charge in [0.25, 0.3) is 27.1 Å². The van der Waals surface area contributed by atoms with Gasteiger partial charge in [0, 0.05) is 37.0 Å². The Bertz CT molecular complexity index is 2080. The number of hydrogen-bond donors (Lipinski definition) is 4. The molecule has 57 heavy (non-hydrogen) atoms. The van der Waals surface area contributed by atoms with Crippen LogP contribution in [0.5, 0.6) is 0 Å². The Morgan fingerprint density at radius 2 is 1.61 bits per heavy atom. The molecule has 292 valence electrons. The fourth-order valence-corrected chi connectivity index (χ4v) is 7.12. The number of nitrogens with zero attached hydrogens (tertiary/aromatic N) is 4. The van der Waals surface area contributed by atoms with E-state index < -0.39 is 113 Å². The number of carbonyl (C=O) groups is 2. The van der Waals surface area contributed by atoms with Gasteiger partial charge in [-0.05, 0) is 12.0 Å². The molecular weight excluding hydrogens is 827 g/mol. The summed E-state index contributed by atoms with van der Waals surface area (Å²) in [4.78, 5) is 96.8. The molecule has 2 heterocycles. The third kappa shape index (κ3) is 17.1. The number of halogens is 4. The van der Waals surface area contributed by atoms with Crippen molar-refractivity contribution in [3.63, 3.8) is 0 Å².